The van der Waals surface area contributed by atoms with Crippen molar-refractivity contribution in [1.82, 2.24) is 0 Å². The fraction of sp³-hybridized carbons (Fsp3) is 0.150. The van der Waals surface area contributed by atoms with E-state index >= 15 is 0 Å². The molecule has 9 aromatic carbocycles. The van der Waals surface area contributed by atoms with Gasteiger partial charge in [-0.3, -0.25) is 13.9 Å². The zero-order valence-corrected chi connectivity index (χ0v) is 47.6. The predicted octanol–water partition coefficient (Wildman–Crippen LogP) is 16.2. The Kier molecular flexibility index (Phi) is 17.7. The number of nitrogens with one attached hydrogen (secondary N) is 2. The molecule has 9 aromatic rings. The number of rotatable bonds is 21. The van der Waals surface area contributed by atoms with E-state index in [4.69, 9.17) is 23.5 Å². The number of para-hydroxylation sites is 1. The molecule has 0 atom stereocenters. The topological polar surface area (TPSA) is 306 Å². The number of ether oxygens (including phenoxy) is 4. The van der Waals surface area contributed by atoms with Gasteiger partial charge in [0.1, 0.15) is 50.6 Å². The molecule has 0 aliphatic carbocycles. The number of benzene rings is 9. The van der Waals surface area contributed by atoms with Crippen molar-refractivity contribution in [2.24, 2.45) is 40.9 Å². The first-order valence-corrected chi connectivity index (χ1v) is 28.7. The molecule has 24 heteroatoms. The molecule has 0 bridgehead atoms. The molecule has 0 unspecified atom stereocenters. The number of phenolic OH excluding ortho intramolecular Hbond substituents is 1. The van der Waals surface area contributed by atoms with Crippen LogP contribution in [-0.4, -0.2) is 70.6 Å². The summed E-state index contributed by atoms with van der Waals surface area (Å²) >= 11 is 0. The van der Waals surface area contributed by atoms with E-state index in [9.17, 15) is 31.3 Å². The van der Waals surface area contributed by atoms with E-state index in [1.54, 1.807) is 60.7 Å². The van der Waals surface area contributed by atoms with Crippen LogP contribution >= 0.6 is 0 Å². The molecular formula is C60H54N10O12S2. The fourth-order valence-corrected chi connectivity index (χ4v) is 9.77. The Morgan fingerprint density at radius 2 is 1.04 bits per heavy atom. The Balaban J connectivity index is 0.852. The second kappa shape index (κ2) is 25.4. The highest BCUT2D eigenvalue weighted by Crippen LogP contribution is 2.44. The molecule has 0 saturated heterocycles. The SMILES string of the molecule is COc1cc(N=Nc2cc(C)c(N=Nc3ccc(C(=O)Nc4cc5c(OCCCS(=O)(=O)O)cccc5cc4S(=O)(=O)O)cc3)cc2C)c(C)cc1N=Nc1cc(OC)c(N=Nc2ccc3cc(Nc4ccccc4)ccc3c2O)cc1OC. The van der Waals surface area contributed by atoms with E-state index < -0.39 is 36.8 Å². The molecule has 22 nitrogen and oxygen atoms in total. The molecule has 0 aliphatic heterocycles. The standard InChI is InChI=1S/C60H54N10O12S2/c1-35-27-48(36(2)26-47(35)65-63-42-19-16-38(17-20-42)60(72)62-53-31-45-39(30-58(53)84(76,77)78)12-10-15-54(45)82-24-11-25-83(73,74)75)66-67-49-32-55(79-4)50(28-37(49)3)68-70-52-34-56(80-5)51(33-57(52)81-6)69-64-46-23-18-40-29-43(21-22-44(40)59(46)71)61-41-13-8-7-9-14-41/h7-10,12-23,26-34,61,71H,11,24-25H2,1-6H3,(H,62,72)(H,73,74,75)(H,76,77,78). The summed E-state index contributed by atoms with van der Waals surface area (Å²) in [6, 6.07) is 42.6. The van der Waals surface area contributed by atoms with Gasteiger partial charge in [0.25, 0.3) is 26.1 Å². The highest BCUT2D eigenvalue weighted by Gasteiger charge is 2.21. The average Bonchev–Trinajstić information content (AvgIpc) is 1.63. The predicted molar refractivity (Wildman–Crippen MR) is 320 cm³/mol. The molecule has 84 heavy (non-hydrogen) atoms. The van der Waals surface area contributed by atoms with Crippen molar-refractivity contribution in [2.45, 2.75) is 32.1 Å². The summed E-state index contributed by atoms with van der Waals surface area (Å²) in [5.74, 6) is 0.0293. The third-order valence-corrected chi connectivity index (χ3v) is 14.7. The number of carbonyl (C=O) groups excluding carboxylic acids is 1. The number of amides is 1. The highest BCUT2D eigenvalue weighted by atomic mass is 32.2. The van der Waals surface area contributed by atoms with Crippen LogP contribution in [0.1, 0.15) is 33.5 Å². The van der Waals surface area contributed by atoms with Crippen molar-refractivity contribution < 1.29 is 54.8 Å². The van der Waals surface area contributed by atoms with Gasteiger partial charge < -0.3 is 34.7 Å². The lowest BCUT2D eigenvalue weighted by Gasteiger charge is -2.14. The van der Waals surface area contributed by atoms with E-state index in [0.717, 1.165) is 33.5 Å². The first kappa shape index (κ1) is 58.6. The Morgan fingerprint density at radius 3 is 1.63 bits per heavy atom. The Labute approximate surface area is 482 Å². The lowest BCUT2D eigenvalue weighted by Crippen LogP contribution is -2.15. The second-order valence-electron chi connectivity index (χ2n) is 18.9. The number of anilines is 3. The number of phenols is 1. The second-order valence-corrected chi connectivity index (χ2v) is 21.8. The van der Waals surface area contributed by atoms with E-state index in [1.807, 2.05) is 87.5 Å². The largest absolute Gasteiger partial charge is 0.505 e. The molecule has 0 radical (unpaired) electrons. The fourth-order valence-electron chi connectivity index (χ4n) is 8.63. The van der Waals surface area contributed by atoms with Gasteiger partial charge >= 0.3 is 0 Å². The minimum Gasteiger partial charge on any atom is -0.505 e. The van der Waals surface area contributed by atoms with Crippen LogP contribution in [0.5, 0.6) is 28.7 Å². The van der Waals surface area contributed by atoms with E-state index in [0.29, 0.717) is 73.2 Å². The number of methoxy groups -OCH3 is 3. The maximum atomic E-state index is 13.5. The molecule has 0 heterocycles. The van der Waals surface area contributed by atoms with Crippen molar-refractivity contribution >= 4 is 110 Å². The van der Waals surface area contributed by atoms with Crippen LogP contribution in [0.25, 0.3) is 21.5 Å². The molecule has 428 valence electrons. The summed E-state index contributed by atoms with van der Waals surface area (Å²) in [5, 5.41) is 54.9. The number of azo groups is 4. The van der Waals surface area contributed by atoms with Gasteiger partial charge in [-0.15, -0.1) is 20.5 Å². The number of hydrogen-bond acceptors (Lipinski definition) is 19. The van der Waals surface area contributed by atoms with Crippen molar-refractivity contribution in [1.29, 1.82) is 0 Å². The Bertz CT molecular complexity index is 4350. The van der Waals surface area contributed by atoms with Crippen LogP contribution in [0.3, 0.4) is 0 Å². The highest BCUT2D eigenvalue weighted by molar-refractivity contribution is 7.86. The number of nitrogens with zero attached hydrogens (tertiary/aromatic N) is 8. The van der Waals surface area contributed by atoms with Crippen molar-refractivity contribution in [2.75, 3.05) is 44.3 Å². The minimum absolute atomic E-state index is 0.0205. The van der Waals surface area contributed by atoms with Crippen molar-refractivity contribution in [3.8, 4) is 28.7 Å². The maximum absolute atomic E-state index is 13.5. The van der Waals surface area contributed by atoms with Crippen LogP contribution in [-0.2, 0) is 20.2 Å². The molecule has 9 rings (SSSR count). The Hall–Kier alpha value is -10.0. The van der Waals surface area contributed by atoms with Crippen LogP contribution < -0.4 is 29.6 Å². The van der Waals surface area contributed by atoms with Crippen molar-refractivity contribution in [3.05, 3.63) is 174 Å². The van der Waals surface area contributed by atoms with Crippen LogP contribution in [0.4, 0.5) is 62.6 Å². The van der Waals surface area contributed by atoms with Gasteiger partial charge in [0, 0.05) is 45.9 Å². The van der Waals surface area contributed by atoms with Gasteiger partial charge in [-0.05, 0) is 152 Å². The molecule has 0 aliphatic rings. The summed E-state index contributed by atoms with van der Waals surface area (Å²) < 4.78 is 89.0. The van der Waals surface area contributed by atoms with Crippen LogP contribution in [0, 0.1) is 20.8 Å². The van der Waals surface area contributed by atoms with Gasteiger partial charge in [-0.2, -0.15) is 37.3 Å². The third kappa shape index (κ3) is 14.2. The number of fused-ring (bicyclic) bond motifs is 2. The van der Waals surface area contributed by atoms with E-state index in [-0.39, 0.29) is 41.5 Å². The van der Waals surface area contributed by atoms with Gasteiger partial charge in [0.05, 0.1) is 62.1 Å². The monoisotopic (exact) mass is 1170 g/mol. The third-order valence-electron chi connectivity index (χ3n) is 13.0. The molecule has 0 saturated carbocycles. The zero-order valence-electron chi connectivity index (χ0n) is 46.0. The number of carbonyl (C=O) groups is 1. The quantitative estimate of drug-likeness (QED) is 0.0254. The maximum Gasteiger partial charge on any atom is 0.296 e. The van der Waals surface area contributed by atoms with Gasteiger partial charge in [0.2, 0.25) is 0 Å². The summed E-state index contributed by atoms with van der Waals surface area (Å²) in [6.45, 7) is 5.47. The lowest BCUT2D eigenvalue weighted by molar-refractivity contribution is 0.102. The van der Waals surface area contributed by atoms with E-state index in [1.165, 1.54) is 45.6 Å². The minimum atomic E-state index is -4.82. The normalized spacial score (nSPS) is 12.0. The zero-order chi connectivity index (χ0) is 59.7. The van der Waals surface area contributed by atoms with Crippen LogP contribution in [0.2, 0.25) is 0 Å². The van der Waals surface area contributed by atoms with Gasteiger partial charge in [0.15, 0.2) is 5.75 Å². The first-order valence-electron chi connectivity index (χ1n) is 25.6. The number of hydrogen-bond donors (Lipinski definition) is 5. The van der Waals surface area contributed by atoms with Gasteiger partial charge in [-0.1, -0.05) is 36.4 Å². The first-order chi connectivity index (χ1) is 40.3. The molecule has 1 amide bonds. The van der Waals surface area contributed by atoms with Crippen molar-refractivity contribution in [3.63, 3.8) is 0 Å². The molecule has 0 spiro atoms. The van der Waals surface area contributed by atoms with Gasteiger partial charge in [-0.25, -0.2) is 0 Å². The summed E-state index contributed by atoms with van der Waals surface area (Å²) in [6.07, 6.45) is -0.0205. The molecular weight excluding hydrogens is 1120 g/mol. The molecule has 0 fully saturated rings. The van der Waals surface area contributed by atoms with E-state index in [2.05, 4.69) is 51.5 Å². The average molecular weight is 1170 g/mol. The summed E-state index contributed by atoms with van der Waals surface area (Å²) in [5.41, 5.74) is 7.31. The Morgan fingerprint density at radius 1 is 0.500 bits per heavy atom. The number of aromatic hydroxyl groups is 1. The summed E-state index contributed by atoms with van der Waals surface area (Å²) in [4.78, 5) is 12.9. The number of aryl methyl sites for hydroxylation is 3. The molecule has 5 N–H and O–H groups in total. The smallest absolute Gasteiger partial charge is 0.296 e. The summed E-state index contributed by atoms with van der Waals surface area (Å²) in [7, 11) is -4.54. The van der Waals surface area contributed by atoms with Crippen LogP contribution in [0.15, 0.2) is 197 Å². The molecule has 0 aromatic heterocycles. The lowest BCUT2D eigenvalue weighted by atomic mass is 10.1.